The van der Waals surface area contributed by atoms with Gasteiger partial charge in [-0.3, -0.25) is 0 Å². The van der Waals surface area contributed by atoms with Crippen LogP contribution in [-0.2, 0) is 16.5 Å². The van der Waals surface area contributed by atoms with E-state index in [4.69, 9.17) is 10.2 Å². The first-order valence-corrected chi connectivity index (χ1v) is 10.9. The van der Waals surface area contributed by atoms with Crippen LogP contribution in [0.4, 0.5) is 0 Å². The van der Waals surface area contributed by atoms with E-state index < -0.39 is 11.9 Å². The number of carboxylic acids is 2. The number of rotatable bonds is 6. The maximum absolute atomic E-state index is 11.0. The SMILES string of the molecule is CC(C)c1cc(C(=O)O)c(O)c(C(C)C)c1.CC(C)c1cc(C(=O)O)c(O)c(C(C)C)c1.[Ni]. The van der Waals surface area contributed by atoms with Gasteiger partial charge in [-0.25, -0.2) is 9.59 Å². The molecule has 2 aromatic carbocycles. The second-order valence-electron chi connectivity index (χ2n) is 9.24. The average molecular weight is 503 g/mol. The second-order valence-corrected chi connectivity index (χ2v) is 9.24. The minimum atomic E-state index is -1.08. The van der Waals surface area contributed by atoms with Crippen molar-refractivity contribution in [1.82, 2.24) is 0 Å². The molecule has 0 bridgehead atoms. The zero-order chi connectivity index (χ0) is 24.9. The van der Waals surface area contributed by atoms with Gasteiger partial charge in [-0.15, -0.1) is 0 Å². The molecule has 0 saturated carbocycles. The number of carbonyl (C=O) groups is 2. The number of benzene rings is 2. The molecular formula is C26H36NiO6. The molecule has 7 heteroatoms. The number of hydrogen-bond donors (Lipinski definition) is 4. The Labute approximate surface area is 206 Å². The molecule has 0 saturated heterocycles. The van der Waals surface area contributed by atoms with Crippen LogP contribution in [0, 0.1) is 0 Å². The molecule has 0 radical (unpaired) electrons. The van der Waals surface area contributed by atoms with Crippen LogP contribution in [0.3, 0.4) is 0 Å². The van der Waals surface area contributed by atoms with Crippen LogP contribution in [-0.4, -0.2) is 32.4 Å². The van der Waals surface area contributed by atoms with Gasteiger partial charge < -0.3 is 20.4 Å². The van der Waals surface area contributed by atoms with Crippen molar-refractivity contribution in [3.63, 3.8) is 0 Å². The summed E-state index contributed by atoms with van der Waals surface area (Å²) in [5, 5.41) is 37.7. The first-order valence-electron chi connectivity index (χ1n) is 10.9. The van der Waals surface area contributed by atoms with Crippen molar-refractivity contribution in [1.29, 1.82) is 0 Å². The van der Waals surface area contributed by atoms with Crippen LogP contribution in [0.25, 0.3) is 0 Å². The summed E-state index contributed by atoms with van der Waals surface area (Å²) in [4.78, 5) is 22.0. The third-order valence-electron chi connectivity index (χ3n) is 5.36. The van der Waals surface area contributed by atoms with E-state index in [0.29, 0.717) is 11.1 Å². The molecule has 0 unspecified atom stereocenters. The van der Waals surface area contributed by atoms with Crippen molar-refractivity contribution in [2.45, 2.75) is 79.1 Å². The van der Waals surface area contributed by atoms with Crippen molar-refractivity contribution in [2.75, 3.05) is 0 Å². The fourth-order valence-electron chi connectivity index (χ4n) is 3.23. The second kappa shape index (κ2) is 12.6. The Morgan fingerprint density at radius 2 is 0.848 bits per heavy atom. The normalized spacial score (nSPS) is 10.8. The van der Waals surface area contributed by atoms with Crippen molar-refractivity contribution in [3.05, 3.63) is 57.6 Å². The fraction of sp³-hybridized carbons (Fsp3) is 0.462. The number of hydrogen-bond acceptors (Lipinski definition) is 4. The van der Waals surface area contributed by atoms with Gasteiger partial charge in [0, 0.05) is 16.5 Å². The molecule has 0 fully saturated rings. The van der Waals surface area contributed by atoms with E-state index in [1.807, 2.05) is 67.5 Å². The maximum Gasteiger partial charge on any atom is 0.339 e. The minimum Gasteiger partial charge on any atom is -0.507 e. The Balaban J connectivity index is 0.000000602. The number of phenols is 2. The molecule has 0 heterocycles. The minimum absolute atomic E-state index is 0. The summed E-state index contributed by atoms with van der Waals surface area (Å²) < 4.78 is 0. The van der Waals surface area contributed by atoms with Crippen molar-refractivity contribution >= 4 is 11.9 Å². The largest absolute Gasteiger partial charge is 0.507 e. The predicted octanol–water partition coefficient (Wildman–Crippen LogP) is 6.67. The van der Waals surface area contributed by atoms with Crippen molar-refractivity contribution < 1.29 is 46.5 Å². The van der Waals surface area contributed by atoms with Gasteiger partial charge in [0.15, 0.2) is 0 Å². The van der Waals surface area contributed by atoms with E-state index in [1.165, 1.54) is 0 Å². The molecule has 6 nitrogen and oxygen atoms in total. The predicted molar refractivity (Wildman–Crippen MR) is 126 cm³/mol. The molecule has 0 amide bonds. The summed E-state index contributed by atoms with van der Waals surface area (Å²) in [7, 11) is 0. The van der Waals surface area contributed by atoms with E-state index in [2.05, 4.69) is 0 Å². The molecule has 0 aliphatic carbocycles. The van der Waals surface area contributed by atoms with Crippen LogP contribution >= 0.6 is 0 Å². The zero-order valence-electron chi connectivity index (χ0n) is 20.5. The van der Waals surface area contributed by atoms with Crippen LogP contribution in [0.1, 0.15) is 122 Å². The number of aromatic hydroxyl groups is 2. The van der Waals surface area contributed by atoms with Gasteiger partial charge >= 0.3 is 11.9 Å². The Morgan fingerprint density at radius 1 is 0.576 bits per heavy atom. The third-order valence-corrected chi connectivity index (χ3v) is 5.36. The van der Waals surface area contributed by atoms with Gasteiger partial charge in [-0.1, -0.05) is 67.5 Å². The smallest absolute Gasteiger partial charge is 0.339 e. The molecule has 0 aromatic heterocycles. The molecule has 0 atom stereocenters. The Hall–Kier alpha value is -2.53. The molecule has 2 aromatic rings. The van der Waals surface area contributed by atoms with Gasteiger partial charge in [-0.2, -0.15) is 0 Å². The molecule has 0 aliphatic rings. The van der Waals surface area contributed by atoms with E-state index in [9.17, 15) is 19.8 Å². The Kier molecular flexibility index (Phi) is 11.7. The van der Waals surface area contributed by atoms with E-state index >= 15 is 0 Å². The summed E-state index contributed by atoms with van der Waals surface area (Å²) in [6.07, 6.45) is 0. The topological polar surface area (TPSA) is 115 Å². The Bertz CT molecular complexity index is 898. The van der Waals surface area contributed by atoms with Gasteiger partial charge in [0.25, 0.3) is 0 Å². The maximum atomic E-state index is 11.0. The zero-order valence-corrected chi connectivity index (χ0v) is 21.5. The van der Waals surface area contributed by atoms with E-state index in [1.54, 1.807) is 12.1 Å². The summed E-state index contributed by atoms with van der Waals surface area (Å²) in [5.41, 5.74) is 3.27. The van der Waals surface area contributed by atoms with Crippen LogP contribution in [0.15, 0.2) is 24.3 Å². The molecule has 4 N–H and O–H groups in total. The van der Waals surface area contributed by atoms with E-state index in [-0.39, 0.29) is 62.8 Å². The van der Waals surface area contributed by atoms with Crippen LogP contribution in [0.2, 0.25) is 0 Å². The van der Waals surface area contributed by atoms with E-state index in [0.717, 1.165) is 11.1 Å². The molecule has 2 rings (SSSR count). The molecule has 33 heavy (non-hydrogen) atoms. The fourth-order valence-corrected chi connectivity index (χ4v) is 3.23. The molecular weight excluding hydrogens is 467 g/mol. The molecule has 186 valence electrons. The molecule has 0 spiro atoms. The van der Waals surface area contributed by atoms with Gasteiger partial charge in [-0.05, 0) is 58.1 Å². The standard InChI is InChI=1S/2C13H18O3.Ni/c2*1-7(2)9-5-10(8(3)4)12(14)11(6-9)13(15)16;/h2*5-8,14H,1-4H3,(H,15,16);. The van der Waals surface area contributed by atoms with Crippen LogP contribution < -0.4 is 0 Å². The van der Waals surface area contributed by atoms with Crippen LogP contribution in [0.5, 0.6) is 11.5 Å². The quantitative estimate of drug-likeness (QED) is 0.328. The summed E-state index contributed by atoms with van der Waals surface area (Å²) in [6, 6.07) is 6.87. The first-order chi connectivity index (χ1) is 14.7. The summed E-state index contributed by atoms with van der Waals surface area (Å²) in [5.74, 6) is -1.66. The molecule has 0 aliphatic heterocycles. The van der Waals surface area contributed by atoms with Gasteiger partial charge in [0.05, 0.1) is 0 Å². The Morgan fingerprint density at radius 3 is 1.03 bits per heavy atom. The number of aromatic carboxylic acids is 2. The third kappa shape index (κ3) is 7.78. The van der Waals surface area contributed by atoms with Gasteiger partial charge in [0.2, 0.25) is 0 Å². The average Bonchev–Trinajstić information content (AvgIpc) is 2.67. The van der Waals surface area contributed by atoms with Crippen molar-refractivity contribution in [2.24, 2.45) is 0 Å². The first kappa shape index (κ1) is 30.5. The van der Waals surface area contributed by atoms with Gasteiger partial charge in [0.1, 0.15) is 22.6 Å². The number of carboxylic acid groups (broad SMARTS) is 2. The summed E-state index contributed by atoms with van der Waals surface area (Å²) >= 11 is 0. The van der Waals surface area contributed by atoms with Crippen molar-refractivity contribution in [3.8, 4) is 11.5 Å². The monoisotopic (exact) mass is 502 g/mol. The summed E-state index contributed by atoms with van der Waals surface area (Å²) in [6.45, 7) is 15.7.